The Labute approximate surface area is 122 Å². The van der Waals surface area contributed by atoms with Crippen molar-refractivity contribution in [1.82, 2.24) is 5.32 Å². The van der Waals surface area contributed by atoms with E-state index in [9.17, 15) is 0 Å². The highest BCUT2D eigenvalue weighted by Gasteiger charge is 2.25. The van der Waals surface area contributed by atoms with E-state index in [1.807, 2.05) is 0 Å². The summed E-state index contributed by atoms with van der Waals surface area (Å²) in [5, 5.41) is 4.50. The van der Waals surface area contributed by atoms with Crippen molar-refractivity contribution in [2.24, 2.45) is 0 Å². The first-order valence-electron chi connectivity index (χ1n) is 7.68. The SMILES string of the molecule is CCCNC1CCCCC1Sc1ccc(C)c(C)c1. The first-order valence-corrected chi connectivity index (χ1v) is 8.56. The molecule has 2 atom stereocenters. The van der Waals surface area contributed by atoms with Crippen LogP contribution in [0.3, 0.4) is 0 Å². The predicted octanol–water partition coefficient (Wildman–Crippen LogP) is 4.71. The van der Waals surface area contributed by atoms with Crippen LogP contribution >= 0.6 is 11.8 Å². The average Bonchev–Trinajstić information content (AvgIpc) is 2.42. The van der Waals surface area contributed by atoms with Crippen LogP contribution in [0.15, 0.2) is 23.1 Å². The van der Waals surface area contributed by atoms with Crippen molar-refractivity contribution in [3.05, 3.63) is 29.3 Å². The van der Waals surface area contributed by atoms with Crippen LogP contribution in [-0.4, -0.2) is 17.8 Å². The molecule has 106 valence electrons. The first-order chi connectivity index (χ1) is 9.20. The Balaban J connectivity index is 1.99. The van der Waals surface area contributed by atoms with Gasteiger partial charge in [0.25, 0.3) is 0 Å². The summed E-state index contributed by atoms with van der Waals surface area (Å²) < 4.78 is 0. The number of hydrogen-bond acceptors (Lipinski definition) is 2. The molecule has 2 rings (SSSR count). The van der Waals surface area contributed by atoms with Crippen molar-refractivity contribution in [3.63, 3.8) is 0 Å². The van der Waals surface area contributed by atoms with Gasteiger partial charge in [0.1, 0.15) is 0 Å². The minimum Gasteiger partial charge on any atom is -0.313 e. The van der Waals surface area contributed by atoms with E-state index in [4.69, 9.17) is 0 Å². The number of aryl methyl sites for hydroxylation is 2. The zero-order valence-electron chi connectivity index (χ0n) is 12.5. The first kappa shape index (κ1) is 14.9. The van der Waals surface area contributed by atoms with Crippen molar-refractivity contribution in [2.45, 2.75) is 69.1 Å². The molecular formula is C17H27NS. The van der Waals surface area contributed by atoms with E-state index in [2.05, 4.69) is 56.0 Å². The van der Waals surface area contributed by atoms with Gasteiger partial charge in [0, 0.05) is 16.2 Å². The molecule has 1 nitrogen and oxygen atoms in total. The standard InChI is InChI=1S/C17H27NS/c1-4-11-18-16-7-5-6-8-17(16)19-15-10-9-13(2)14(3)12-15/h9-10,12,16-18H,4-8,11H2,1-3H3. The van der Waals surface area contributed by atoms with Gasteiger partial charge in [-0.1, -0.05) is 25.8 Å². The smallest absolute Gasteiger partial charge is 0.0248 e. The van der Waals surface area contributed by atoms with Gasteiger partial charge in [0.2, 0.25) is 0 Å². The van der Waals surface area contributed by atoms with Crippen LogP contribution in [0.1, 0.15) is 50.2 Å². The topological polar surface area (TPSA) is 12.0 Å². The minimum atomic E-state index is 0.709. The van der Waals surface area contributed by atoms with Gasteiger partial charge in [-0.3, -0.25) is 0 Å². The van der Waals surface area contributed by atoms with Crippen molar-refractivity contribution < 1.29 is 0 Å². The van der Waals surface area contributed by atoms with Crippen LogP contribution in [0.2, 0.25) is 0 Å². The quantitative estimate of drug-likeness (QED) is 0.836. The largest absolute Gasteiger partial charge is 0.313 e. The lowest BCUT2D eigenvalue weighted by Gasteiger charge is -2.32. The lowest BCUT2D eigenvalue weighted by Crippen LogP contribution is -2.40. The molecule has 1 saturated carbocycles. The Hall–Kier alpha value is -0.470. The van der Waals surface area contributed by atoms with Crippen LogP contribution < -0.4 is 5.32 Å². The number of benzene rings is 1. The van der Waals surface area contributed by atoms with E-state index in [0.29, 0.717) is 6.04 Å². The van der Waals surface area contributed by atoms with Crippen LogP contribution in [0.5, 0.6) is 0 Å². The Kier molecular flexibility index (Phi) is 5.77. The maximum Gasteiger partial charge on any atom is 0.0248 e. The highest BCUT2D eigenvalue weighted by atomic mass is 32.2. The van der Waals surface area contributed by atoms with Crippen molar-refractivity contribution in [3.8, 4) is 0 Å². The van der Waals surface area contributed by atoms with Crippen LogP contribution in [0.4, 0.5) is 0 Å². The fourth-order valence-electron chi connectivity index (χ4n) is 2.76. The lowest BCUT2D eigenvalue weighted by atomic mass is 9.95. The van der Waals surface area contributed by atoms with E-state index < -0.39 is 0 Å². The molecule has 1 N–H and O–H groups in total. The average molecular weight is 277 g/mol. The number of hydrogen-bond donors (Lipinski definition) is 1. The van der Waals surface area contributed by atoms with Crippen LogP contribution in [0, 0.1) is 13.8 Å². The second-order valence-electron chi connectivity index (χ2n) is 5.75. The van der Waals surface area contributed by atoms with Gasteiger partial charge in [0.05, 0.1) is 0 Å². The second-order valence-corrected chi connectivity index (χ2v) is 7.06. The third-order valence-corrected chi connectivity index (χ3v) is 5.52. The molecule has 0 saturated heterocycles. The Morgan fingerprint density at radius 2 is 1.95 bits per heavy atom. The van der Waals surface area contributed by atoms with E-state index in [1.54, 1.807) is 0 Å². The minimum absolute atomic E-state index is 0.709. The summed E-state index contributed by atoms with van der Waals surface area (Å²) in [5.41, 5.74) is 2.81. The summed E-state index contributed by atoms with van der Waals surface area (Å²) in [7, 11) is 0. The molecule has 1 aliphatic rings. The van der Waals surface area contributed by atoms with Crippen LogP contribution in [-0.2, 0) is 0 Å². The summed E-state index contributed by atoms with van der Waals surface area (Å²) in [6.45, 7) is 7.82. The van der Waals surface area contributed by atoms with Gasteiger partial charge in [-0.2, -0.15) is 0 Å². The van der Waals surface area contributed by atoms with Gasteiger partial charge in [0.15, 0.2) is 0 Å². The molecule has 2 unspecified atom stereocenters. The molecule has 0 heterocycles. The molecule has 1 aromatic carbocycles. The Bertz CT molecular complexity index is 402. The van der Waals surface area contributed by atoms with E-state index in [1.165, 1.54) is 48.1 Å². The summed E-state index contributed by atoms with van der Waals surface area (Å²) in [6, 6.07) is 7.61. The second kappa shape index (κ2) is 7.35. The highest BCUT2D eigenvalue weighted by Crippen LogP contribution is 2.34. The van der Waals surface area contributed by atoms with Gasteiger partial charge < -0.3 is 5.32 Å². The summed E-state index contributed by atoms with van der Waals surface area (Å²) >= 11 is 2.08. The Morgan fingerprint density at radius 1 is 1.16 bits per heavy atom. The fourth-order valence-corrected chi connectivity index (χ4v) is 4.19. The zero-order valence-corrected chi connectivity index (χ0v) is 13.4. The maximum atomic E-state index is 3.75. The third-order valence-electron chi connectivity index (χ3n) is 4.12. The molecule has 0 bridgehead atoms. The molecule has 1 aliphatic carbocycles. The molecule has 0 aliphatic heterocycles. The fraction of sp³-hybridized carbons (Fsp3) is 0.647. The maximum absolute atomic E-state index is 3.75. The van der Waals surface area contributed by atoms with Crippen molar-refractivity contribution in [1.29, 1.82) is 0 Å². The predicted molar refractivity (Wildman–Crippen MR) is 86.1 cm³/mol. The van der Waals surface area contributed by atoms with Crippen molar-refractivity contribution >= 4 is 11.8 Å². The third kappa shape index (κ3) is 4.25. The monoisotopic (exact) mass is 277 g/mol. The lowest BCUT2D eigenvalue weighted by molar-refractivity contribution is 0.384. The molecular weight excluding hydrogens is 250 g/mol. The molecule has 0 spiro atoms. The molecule has 2 heteroatoms. The normalized spacial score (nSPS) is 23.5. The molecule has 0 amide bonds. The summed E-state index contributed by atoms with van der Waals surface area (Å²) in [5.74, 6) is 0. The van der Waals surface area contributed by atoms with Gasteiger partial charge in [-0.05, 0) is 62.9 Å². The molecule has 19 heavy (non-hydrogen) atoms. The molecule has 0 radical (unpaired) electrons. The highest BCUT2D eigenvalue weighted by molar-refractivity contribution is 8.00. The van der Waals surface area contributed by atoms with Gasteiger partial charge in [-0.15, -0.1) is 11.8 Å². The zero-order chi connectivity index (χ0) is 13.7. The summed E-state index contributed by atoms with van der Waals surface area (Å²) in [4.78, 5) is 1.44. The molecule has 0 aromatic heterocycles. The van der Waals surface area contributed by atoms with Crippen molar-refractivity contribution in [2.75, 3.05) is 6.54 Å². The van der Waals surface area contributed by atoms with Crippen LogP contribution in [0.25, 0.3) is 0 Å². The van der Waals surface area contributed by atoms with E-state index in [0.717, 1.165) is 11.8 Å². The van der Waals surface area contributed by atoms with Gasteiger partial charge in [-0.25, -0.2) is 0 Å². The number of nitrogens with one attached hydrogen (secondary N) is 1. The number of thioether (sulfide) groups is 1. The van der Waals surface area contributed by atoms with E-state index in [-0.39, 0.29) is 0 Å². The van der Waals surface area contributed by atoms with Gasteiger partial charge >= 0.3 is 0 Å². The van der Waals surface area contributed by atoms with E-state index >= 15 is 0 Å². The Morgan fingerprint density at radius 3 is 2.68 bits per heavy atom. The summed E-state index contributed by atoms with van der Waals surface area (Å²) in [6.07, 6.45) is 6.73. The molecule has 1 fully saturated rings. The number of rotatable bonds is 5. The molecule has 1 aromatic rings.